The standard InChI is InChI=1S/C16H15N5O2/c17-9-16(5-6-16)12-1-3-13(4-2-12)21-8-14(23-15(21)22)7-20-11-18-10-19-20/h1-4,10-11,14H,5-8H2/t14-/m0/s1. The summed E-state index contributed by atoms with van der Waals surface area (Å²) in [5.74, 6) is 0. The topological polar surface area (TPSA) is 84.0 Å². The van der Waals surface area contributed by atoms with Gasteiger partial charge in [0.15, 0.2) is 0 Å². The van der Waals surface area contributed by atoms with E-state index in [1.165, 1.54) is 6.33 Å². The molecule has 0 unspecified atom stereocenters. The lowest BCUT2D eigenvalue weighted by molar-refractivity contribution is 0.129. The minimum Gasteiger partial charge on any atom is -0.442 e. The van der Waals surface area contributed by atoms with Crippen molar-refractivity contribution in [3.8, 4) is 6.07 Å². The second kappa shape index (κ2) is 5.09. The van der Waals surface area contributed by atoms with Gasteiger partial charge in [0.05, 0.1) is 24.6 Å². The Kier molecular flexibility index (Phi) is 3.05. The zero-order chi connectivity index (χ0) is 15.9. The number of carbonyl (C=O) groups excluding carboxylic acids is 1. The Morgan fingerprint density at radius 3 is 2.74 bits per heavy atom. The van der Waals surface area contributed by atoms with Gasteiger partial charge in [-0.05, 0) is 30.5 Å². The van der Waals surface area contributed by atoms with Crippen molar-refractivity contribution >= 4 is 11.8 Å². The van der Waals surface area contributed by atoms with Gasteiger partial charge in [0.1, 0.15) is 18.8 Å². The van der Waals surface area contributed by atoms with Gasteiger partial charge in [0.2, 0.25) is 0 Å². The highest BCUT2D eigenvalue weighted by Gasteiger charge is 2.44. The van der Waals surface area contributed by atoms with E-state index in [0.29, 0.717) is 13.1 Å². The van der Waals surface area contributed by atoms with Crippen LogP contribution in [0.15, 0.2) is 36.9 Å². The second-order valence-electron chi connectivity index (χ2n) is 5.97. The normalized spacial score (nSPS) is 21.8. The van der Waals surface area contributed by atoms with Crippen LogP contribution < -0.4 is 4.90 Å². The van der Waals surface area contributed by atoms with Crippen LogP contribution in [0, 0.1) is 11.3 Å². The van der Waals surface area contributed by atoms with Gasteiger partial charge < -0.3 is 4.74 Å². The number of cyclic esters (lactones) is 1. The molecule has 7 heteroatoms. The fraction of sp³-hybridized carbons (Fsp3) is 0.375. The van der Waals surface area contributed by atoms with E-state index in [4.69, 9.17) is 4.74 Å². The van der Waals surface area contributed by atoms with Crippen molar-refractivity contribution in [2.24, 2.45) is 0 Å². The minimum absolute atomic E-state index is 0.252. The van der Waals surface area contributed by atoms with Crippen LogP contribution in [0.1, 0.15) is 18.4 Å². The summed E-state index contributed by atoms with van der Waals surface area (Å²) >= 11 is 0. The van der Waals surface area contributed by atoms with Crippen LogP contribution in [0.5, 0.6) is 0 Å². The molecule has 1 aliphatic carbocycles. The third kappa shape index (κ3) is 2.42. The molecule has 0 radical (unpaired) electrons. The second-order valence-corrected chi connectivity index (χ2v) is 5.97. The summed E-state index contributed by atoms with van der Waals surface area (Å²) in [4.78, 5) is 17.6. The number of rotatable bonds is 4. The molecule has 2 heterocycles. The molecular weight excluding hydrogens is 294 g/mol. The lowest BCUT2D eigenvalue weighted by Gasteiger charge is -2.14. The molecule has 2 aliphatic rings. The Morgan fingerprint density at radius 2 is 2.13 bits per heavy atom. The van der Waals surface area contributed by atoms with E-state index in [2.05, 4.69) is 16.2 Å². The van der Waals surface area contributed by atoms with Gasteiger partial charge in [-0.15, -0.1) is 0 Å². The molecule has 0 N–H and O–H groups in total. The first-order chi connectivity index (χ1) is 11.2. The van der Waals surface area contributed by atoms with Crippen LogP contribution in [0.2, 0.25) is 0 Å². The highest BCUT2D eigenvalue weighted by molar-refractivity contribution is 5.89. The Balaban J connectivity index is 1.48. The molecule has 116 valence electrons. The van der Waals surface area contributed by atoms with Gasteiger partial charge in [0.25, 0.3) is 0 Å². The highest BCUT2D eigenvalue weighted by Crippen LogP contribution is 2.47. The summed E-state index contributed by atoms with van der Waals surface area (Å²) in [5, 5.41) is 13.3. The van der Waals surface area contributed by atoms with Crippen molar-refractivity contribution in [3.63, 3.8) is 0 Å². The molecule has 0 bridgehead atoms. The molecule has 1 saturated carbocycles. The summed E-state index contributed by atoms with van der Waals surface area (Å²) in [6.07, 6.45) is 4.27. The largest absolute Gasteiger partial charge is 0.442 e. The molecule has 1 aromatic carbocycles. The van der Waals surface area contributed by atoms with E-state index in [1.807, 2.05) is 24.3 Å². The molecule has 2 fully saturated rings. The lowest BCUT2D eigenvalue weighted by Crippen LogP contribution is -2.26. The summed E-state index contributed by atoms with van der Waals surface area (Å²) < 4.78 is 7.03. The molecule has 1 aromatic heterocycles. The predicted molar refractivity (Wildman–Crippen MR) is 80.6 cm³/mol. The number of carbonyl (C=O) groups is 1. The Labute approximate surface area is 133 Å². The molecule has 1 aliphatic heterocycles. The fourth-order valence-electron chi connectivity index (χ4n) is 2.91. The Morgan fingerprint density at radius 1 is 1.35 bits per heavy atom. The van der Waals surface area contributed by atoms with Crippen molar-refractivity contribution < 1.29 is 9.53 Å². The van der Waals surface area contributed by atoms with Gasteiger partial charge in [-0.3, -0.25) is 4.90 Å². The van der Waals surface area contributed by atoms with E-state index < -0.39 is 0 Å². The van der Waals surface area contributed by atoms with Gasteiger partial charge in [-0.1, -0.05) is 12.1 Å². The number of ether oxygens (including phenoxy) is 1. The Bertz CT molecular complexity index is 759. The number of hydrogen-bond acceptors (Lipinski definition) is 5. The molecule has 23 heavy (non-hydrogen) atoms. The van der Waals surface area contributed by atoms with Gasteiger partial charge in [-0.25, -0.2) is 14.5 Å². The zero-order valence-electron chi connectivity index (χ0n) is 12.4. The molecule has 4 rings (SSSR count). The Hall–Kier alpha value is -2.88. The zero-order valence-corrected chi connectivity index (χ0v) is 12.4. The summed E-state index contributed by atoms with van der Waals surface area (Å²) in [5.41, 5.74) is 1.50. The number of anilines is 1. The van der Waals surface area contributed by atoms with Crippen LogP contribution in [0.25, 0.3) is 0 Å². The quantitative estimate of drug-likeness (QED) is 0.860. The third-order valence-electron chi connectivity index (χ3n) is 4.43. The minimum atomic E-state index is -0.357. The van der Waals surface area contributed by atoms with Gasteiger partial charge >= 0.3 is 6.09 Å². The first kappa shape index (κ1) is 13.8. The number of benzene rings is 1. The van der Waals surface area contributed by atoms with E-state index >= 15 is 0 Å². The van der Waals surface area contributed by atoms with Crippen molar-refractivity contribution in [1.82, 2.24) is 14.8 Å². The van der Waals surface area contributed by atoms with Gasteiger partial charge in [0, 0.05) is 5.69 Å². The van der Waals surface area contributed by atoms with Crippen molar-refractivity contribution in [2.45, 2.75) is 30.9 Å². The molecule has 1 atom stereocenters. The van der Waals surface area contributed by atoms with Crippen LogP contribution in [0.4, 0.5) is 10.5 Å². The highest BCUT2D eigenvalue weighted by atomic mass is 16.6. The van der Waals surface area contributed by atoms with E-state index in [0.717, 1.165) is 24.1 Å². The van der Waals surface area contributed by atoms with Crippen molar-refractivity contribution in [2.75, 3.05) is 11.4 Å². The monoisotopic (exact) mass is 309 g/mol. The lowest BCUT2D eigenvalue weighted by atomic mass is 9.97. The molecule has 1 amide bonds. The third-order valence-corrected chi connectivity index (χ3v) is 4.43. The maximum absolute atomic E-state index is 12.1. The summed E-state index contributed by atoms with van der Waals surface area (Å²) in [6.45, 7) is 0.958. The van der Waals surface area contributed by atoms with Crippen LogP contribution in [0.3, 0.4) is 0 Å². The molecule has 1 saturated heterocycles. The number of aromatic nitrogens is 3. The summed E-state index contributed by atoms with van der Waals surface area (Å²) in [7, 11) is 0. The maximum atomic E-state index is 12.1. The van der Waals surface area contributed by atoms with E-state index in [9.17, 15) is 10.1 Å². The smallest absolute Gasteiger partial charge is 0.414 e. The number of amides is 1. The van der Waals surface area contributed by atoms with E-state index in [-0.39, 0.29) is 17.6 Å². The number of hydrogen-bond donors (Lipinski definition) is 0. The number of nitrogens with zero attached hydrogens (tertiary/aromatic N) is 5. The molecular formula is C16H15N5O2. The average molecular weight is 309 g/mol. The average Bonchev–Trinajstić information content (AvgIpc) is 3.05. The fourth-order valence-corrected chi connectivity index (χ4v) is 2.91. The summed E-state index contributed by atoms with van der Waals surface area (Å²) in [6, 6.07) is 10.0. The van der Waals surface area contributed by atoms with Crippen LogP contribution in [-0.2, 0) is 16.7 Å². The van der Waals surface area contributed by atoms with Crippen molar-refractivity contribution in [1.29, 1.82) is 5.26 Å². The van der Waals surface area contributed by atoms with Crippen molar-refractivity contribution in [3.05, 3.63) is 42.5 Å². The first-order valence-corrected chi connectivity index (χ1v) is 7.52. The first-order valence-electron chi connectivity index (χ1n) is 7.52. The molecule has 0 spiro atoms. The maximum Gasteiger partial charge on any atom is 0.414 e. The van der Waals surface area contributed by atoms with Gasteiger partial charge in [-0.2, -0.15) is 10.4 Å². The van der Waals surface area contributed by atoms with Crippen LogP contribution >= 0.6 is 0 Å². The van der Waals surface area contributed by atoms with E-state index in [1.54, 1.807) is 15.9 Å². The number of nitriles is 1. The SMILES string of the molecule is N#CC1(c2ccc(N3C[C@H](Cn4cncn4)OC3=O)cc2)CC1. The van der Waals surface area contributed by atoms with Crippen LogP contribution in [-0.4, -0.2) is 33.5 Å². The molecule has 2 aromatic rings. The molecule has 7 nitrogen and oxygen atoms in total. The predicted octanol–water partition coefficient (Wildman–Crippen LogP) is 1.86.